The molecule has 0 heterocycles. The topological polar surface area (TPSA) is 46.2 Å². The van der Waals surface area contributed by atoms with Crippen LogP contribution in [0.4, 0.5) is 4.39 Å². The summed E-state index contributed by atoms with van der Waals surface area (Å²) in [6.07, 6.45) is 0.570. The van der Waals surface area contributed by atoms with Gasteiger partial charge >= 0.3 is 0 Å². The third kappa shape index (κ3) is 3.46. The highest BCUT2D eigenvalue weighted by Crippen LogP contribution is 2.07. The maximum Gasteiger partial charge on any atom is 0.287 e. The molecule has 1 rings (SSSR count). The van der Waals surface area contributed by atoms with Crippen molar-refractivity contribution in [3.63, 3.8) is 0 Å². The zero-order chi connectivity index (χ0) is 12.0. The molecule has 0 saturated carbocycles. The maximum absolute atomic E-state index is 13.2. The van der Waals surface area contributed by atoms with E-state index in [-0.39, 0.29) is 12.0 Å². The summed E-state index contributed by atoms with van der Waals surface area (Å²) >= 11 is 0. The molecule has 3 nitrogen and oxygen atoms in total. The van der Waals surface area contributed by atoms with E-state index in [9.17, 15) is 14.0 Å². The van der Waals surface area contributed by atoms with Gasteiger partial charge in [0, 0.05) is 13.0 Å². The average molecular weight is 223 g/mol. The monoisotopic (exact) mass is 223 g/mol. The molecule has 0 fully saturated rings. The molecule has 0 unspecified atom stereocenters. The van der Waals surface area contributed by atoms with Crippen LogP contribution >= 0.6 is 0 Å². The second-order valence-electron chi connectivity index (χ2n) is 3.45. The molecule has 0 aliphatic rings. The standard InChI is InChI=1S/C12H14FNO2/c1-2-7-14-12(16)11(15)8-9-5-3-4-6-10(9)13/h3-6H,2,7-8H2,1H3,(H,14,16). The number of hydrogen-bond donors (Lipinski definition) is 1. The van der Waals surface area contributed by atoms with Crippen molar-refractivity contribution in [1.82, 2.24) is 5.32 Å². The van der Waals surface area contributed by atoms with Crippen molar-refractivity contribution in [2.45, 2.75) is 19.8 Å². The normalized spacial score (nSPS) is 9.88. The summed E-state index contributed by atoms with van der Waals surface area (Å²) in [7, 11) is 0. The number of Topliss-reactive ketones (excluding diaryl/α,β-unsaturated/α-hetero) is 1. The number of hydrogen-bond acceptors (Lipinski definition) is 2. The minimum Gasteiger partial charge on any atom is -0.350 e. The van der Waals surface area contributed by atoms with Crippen molar-refractivity contribution >= 4 is 11.7 Å². The number of nitrogens with one attached hydrogen (secondary N) is 1. The van der Waals surface area contributed by atoms with E-state index < -0.39 is 17.5 Å². The van der Waals surface area contributed by atoms with Crippen molar-refractivity contribution in [3.05, 3.63) is 35.6 Å². The first-order valence-corrected chi connectivity index (χ1v) is 5.19. The molecular weight excluding hydrogens is 209 g/mol. The van der Waals surface area contributed by atoms with Gasteiger partial charge in [-0.1, -0.05) is 25.1 Å². The average Bonchev–Trinajstić information content (AvgIpc) is 2.28. The minimum absolute atomic E-state index is 0.192. The molecular formula is C12H14FNO2. The lowest BCUT2D eigenvalue weighted by Gasteiger charge is -2.03. The number of benzene rings is 1. The molecule has 0 atom stereocenters. The predicted octanol–water partition coefficient (Wildman–Crippen LogP) is 1.46. The lowest BCUT2D eigenvalue weighted by atomic mass is 10.1. The van der Waals surface area contributed by atoms with Gasteiger partial charge in [-0.15, -0.1) is 0 Å². The first kappa shape index (κ1) is 12.4. The van der Waals surface area contributed by atoms with Gasteiger partial charge in [0.2, 0.25) is 5.78 Å². The van der Waals surface area contributed by atoms with Gasteiger partial charge in [0.25, 0.3) is 5.91 Å². The lowest BCUT2D eigenvalue weighted by Crippen LogP contribution is -2.32. The fourth-order valence-corrected chi connectivity index (χ4v) is 1.23. The Labute approximate surface area is 93.7 Å². The molecule has 1 aromatic carbocycles. The quantitative estimate of drug-likeness (QED) is 0.768. The Bertz CT molecular complexity index is 390. The largest absolute Gasteiger partial charge is 0.350 e. The van der Waals surface area contributed by atoms with Crippen molar-refractivity contribution in [2.24, 2.45) is 0 Å². The Morgan fingerprint density at radius 3 is 2.62 bits per heavy atom. The van der Waals surface area contributed by atoms with E-state index >= 15 is 0 Å². The fraction of sp³-hybridized carbons (Fsp3) is 0.333. The Kier molecular flexibility index (Phi) is 4.64. The molecule has 0 radical (unpaired) electrons. The van der Waals surface area contributed by atoms with Crippen LogP contribution in [0, 0.1) is 5.82 Å². The van der Waals surface area contributed by atoms with Crippen LogP contribution in [0.2, 0.25) is 0 Å². The van der Waals surface area contributed by atoms with Crippen molar-refractivity contribution in [2.75, 3.05) is 6.54 Å². The molecule has 1 amide bonds. The molecule has 86 valence electrons. The second kappa shape index (κ2) is 6.00. The summed E-state index contributed by atoms with van der Waals surface area (Å²) in [5, 5.41) is 2.46. The lowest BCUT2D eigenvalue weighted by molar-refractivity contribution is -0.137. The Morgan fingerprint density at radius 2 is 2.00 bits per heavy atom. The molecule has 1 aromatic rings. The number of ketones is 1. The summed E-state index contributed by atoms with van der Waals surface area (Å²) in [4.78, 5) is 22.6. The number of halogens is 1. The number of amides is 1. The third-order valence-corrected chi connectivity index (χ3v) is 2.10. The van der Waals surface area contributed by atoms with Gasteiger partial charge in [-0.2, -0.15) is 0 Å². The highest BCUT2D eigenvalue weighted by Gasteiger charge is 2.15. The molecule has 1 N–H and O–H groups in total. The summed E-state index contributed by atoms with van der Waals surface area (Å²) in [5.74, 6) is -1.72. The number of carbonyl (C=O) groups excluding carboxylic acids is 2. The van der Waals surface area contributed by atoms with Gasteiger partial charge in [0.15, 0.2) is 0 Å². The first-order chi connectivity index (χ1) is 7.65. The summed E-state index contributed by atoms with van der Waals surface area (Å²) in [5.41, 5.74) is 0.249. The summed E-state index contributed by atoms with van der Waals surface area (Å²) in [6.45, 7) is 2.35. The SMILES string of the molecule is CCCNC(=O)C(=O)Cc1ccccc1F. The molecule has 0 bridgehead atoms. The van der Waals surface area contributed by atoms with Gasteiger partial charge < -0.3 is 5.32 Å². The van der Waals surface area contributed by atoms with E-state index in [4.69, 9.17) is 0 Å². The van der Waals surface area contributed by atoms with Gasteiger partial charge in [-0.25, -0.2) is 4.39 Å². The van der Waals surface area contributed by atoms with Gasteiger partial charge in [0.1, 0.15) is 5.82 Å². The molecule has 0 aromatic heterocycles. The zero-order valence-corrected chi connectivity index (χ0v) is 9.13. The Morgan fingerprint density at radius 1 is 1.31 bits per heavy atom. The van der Waals surface area contributed by atoms with E-state index in [1.165, 1.54) is 12.1 Å². The van der Waals surface area contributed by atoms with E-state index in [2.05, 4.69) is 5.32 Å². The molecule has 0 aliphatic carbocycles. The molecule has 16 heavy (non-hydrogen) atoms. The van der Waals surface area contributed by atoms with Crippen molar-refractivity contribution < 1.29 is 14.0 Å². The molecule has 4 heteroatoms. The van der Waals surface area contributed by atoms with E-state index in [0.717, 1.165) is 6.42 Å². The van der Waals surface area contributed by atoms with Gasteiger partial charge in [-0.05, 0) is 18.1 Å². The van der Waals surface area contributed by atoms with Crippen LogP contribution < -0.4 is 5.32 Å². The molecule has 0 saturated heterocycles. The Balaban J connectivity index is 2.58. The molecule has 0 aliphatic heterocycles. The van der Waals surface area contributed by atoms with Crippen LogP contribution in [-0.4, -0.2) is 18.2 Å². The number of rotatable bonds is 5. The minimum atomic E-state index is -0.648. The fourth-order valence-electron chi connectivity index (χ4n) is 1.23. The van der Waals surface area contributed by atoms with Gasteiger partial charge in [-0.3, -0.25) is 9.59 Å². The summed E-state index contributed by atoms with van der Waals surface area (Å²) < 4.78 is 13.2. The van der Waals surface area contributed by atoms with Gasteiger partial charge in [0.05, 0.1) is 0 Å². The second-order valence-corrected chi connectivity index (χ2v) is 3.45. The number of carbonyl (C=O) groups is 2. The van der Waals surface area contributed by atoms with Crippen LogP contribution in [0.3, 0.4) is 0 Å². The first-order valence-electron chi connectivity index (χ1n) is 5.19. The summed E-state index contributed by atoms with van der Waals surface area (Å²) in [6, 6.07) is 5.95. The predicted molar refractivity (Wildman–Crippen MR) is 58.4 cm³/mol. The highest BCUT2D eigenvalue weighted by molar-refractivity contribution is 6.36. The highest BCUT2D eigenvalue weighted by atomic mass is 19.1. The van der Waals surface area contributed by atoms with Crippen molar-refractivity contribution in [3.8, 4) is 0 Å². The smallest absolute Gasteiger partial charge is 0.287 e. The van der Waals surface area contributed by atoms with Crippen LogP contribution in [0.5, 0.6) is 0 Å². The van der Waals surface area contributed by atoms with Crippen molar-refractivity contribution in [1.29, 1.82) is 0 Å². The Hall–Kier alpha value is -1.71. The van der Waals surface area contributed by atoms with Crippen LogP contribution in [0.25, 0.3) is 0 Å². The zero-order valence-electron chi connectivity index (χ0n) is 9.13. The van der Waals surface area contributed by atoms with E-state index in [0.29, 0.717) is 6.54 Å². The van der Waals surface area contributed by atoms with Crippen LogP contribution in [0.15, 0.2) is 24.3 Å². The third-order valence-electron chi connectivity index (χ3n) is 2.10. The maximum atomic E-state index is 13.2. The van der Waals surface area contributed by atoms with E-state index in [1.807, 2.05) is 6.92 Å². The van der Waals surface area contributed by atoms with Crippen LogP contribution in [0.1, 0.15) is 18.9 Å². The van der Waals surface area contributed by atoms with Crippen LogP contribution in [-0.2, 0) is 16.0 Å². The molecule has 0 spiro atoms. The van der Waals surface area contributed by atoms with E-state index in [1.54, 1.807) is 12.1 Å².